The third-order valence-electron chi connectivity index (χ3n) is 2.94. The average Bonchev–Trinajstić information content (AvgIpc) is 2.26. The lowest BCUT2D eigenvalue weighted by atomic mass is 10.1. The fraction of sp³-hybridized carbons (Fsp3) is 1.00. The highest BCUT2D eigenvalue weighted by Crippen LogP contribution is 2.06. The van der Waals surface area contributed by atoms with Crippen LogP contribution in [0, 0.1) is 5.92 Å². The topological polar surface area (TPSA) is 12.5 Å². The normalized spacial score (nSPS) is 11.6. The molecule has 98 valence electrons. The summed E-state index contributed by atoms with van der Waals surface area (Å²) in [6.45, 7) is 11.0. The van der Waals surface area contributed by atoms with Crippen molar-refractivity contribution in [3.8, 4) is 0 Å². The van der Waals surface area contributed by atoms with Crippen molar-refractivity contribution in [3.05, 3.63) is 0 Å². The summed E-state index contributed by atoms with van der Waals surface area (Å²) < 4.78 is 5.61. The summed E-state index contributed by atoms with van der Waals surface area (Å²) in [6.07, 6.45) is 6.35. The second-order valence-corrected chi connectivity index (χ2v) is 5.11. The van der Waals surface area contributed by atoms with Gasteiger partial charge in [0, 0.05) is 13.2 Å². The predicted molar refractivity (Wildman–Crippen MR) is 71.9 cm³/mol. The van der Waals surface area contributed by atoms with Crippen LogP contribution in [0.4, 0.5) is 0 Å². The molecular weight excluding hydrogens is 198 g/mol. The van der Waals surface area contributed by atoms with Crippen molar-refractivity contribution in [2.45, 2.75) is 52.9 Å². The third-order valence-corrected chi connectivity index (χ3v) is 2.94. The van der Waals surface area contributed by atoms with Crippen LogP contribution in [0.3, 0.4) is 0 Å². The van der Waals surface area contributed by atoms with Gasteiger partial charge in [-0.05, 0) is 45.3 Å². The first-order valence-electron chi connectivity index (χ1n) is 6.93. The van der Waals surface area contributed by atoms with Crippen LogP contribution < -0.4 is 0 Å². The molecule has 0 saturated heterocycles. The SMILES string of the molecule is CCN(C)CCCCOCCCCC(C)C. The molecular formula is C14H31NO. The Hall–Kier alpha value is -0.0800. The number of rotatable bonds is 11. The Labute approximate surface area is 102 Å². The highest BCUT2D eigenvalue weighted by molar-refractivity contribution is 4.49. The predicted octanol–water partition coefficient (Wildman–Crippen LogP) is 3.56. The van der Waals surface area contributed by atoms with Crippen LogP contribution in [0.25, 0.3) is 0 Å². The van der Waals surface area contributed by atoms with Gasteiger partial charge in [-0.15, -0.1) is 0 Å². The minimum absolute atomic E-state index is 0.838. The molecule has 0 spiro atoms. The van der Waals surface area contributed by atoms with Crippen LogP contribution in [-0.4, -0.2) is 38.3 Å². The Balaban J connectivity index is 2.99. The van der Waals surface area contributed by atoms with Crippen molar-refractivity contribution >= 4 is 0 Å². The molecule has 0 aliphatic heterocycles. The first kappa shape index (κ1) is 15.9. The van der Waals surface area contributed by atoms with Gasteiger partial charge in [-0.1, -0.05) is 33.6 Å². The first-order valence-corrected chi connectivity index (χ1v) is 6.93. The van der Waals surface area contributed by atoms with E-state index >= 15 is 0 Å². The van der Waals surface area contributed by atoms with Gasteiger partial charge in [0.1, 0.15) is 0 Å². The number of unbranched alkanes of at least 4 members (excludes halogenated alkanes) is 2. The molecule has 0 bridgehead atoms. The van der Waals surface area contributed by atoms with Crippen molar-refractivity contribution in [2.24, 2.45) is 5.92 Å². The minimum Gasteiger partial charge on any atom is -0.381 e. The molecule has 0 aliphatic rings. The summed E-state index contributed by atoms with van der Waals surface area (Å²) in [5, 5.41) is 0. The third kappa shape index (κ3) is 12.0. The van der Waals surface area contributed by atoms with Crippen LogP contribution in [0.2, 0.25) is 0 Å². The van der Waals surface area contributed by atoms with Gasteiger partial charge >= 0.3 is 0 Å². The van der Waals surface area contributed by atoms with E-state index in [-0.39, 0.29) is 0 Å². The zero-order valence-corrected chi connectivity index (χ0v) is 11.8. The van der Waals surface area contributed by atoms with Crippen molar-refractivity contribution in [1.29, 1.82) is 0 Å². The lowest BCUT2D eigenvalue weighted by Gasteiger charge is -2.13. The minimum atomic E-state index is 0.838. The molecule has 0 radical (unpaired) electrons. The van der Waals surface area contributed by atoms with Crippen LogP contribution in [0.15, 0.2) is 0 Å². The van der Waals surface area contributed by atoms with E-state index in [1.807, 2.05) is 0 Å². The molecule has 0 aromatic rings. The quantitative estimate of drug-likeness (QED) is 0.502. The maximum absolute atomic E-state index is 5.61. The molecule has 2 nitrogen and oxygen atoms in total. The molecule has 0 rings (SSSR count). The number of nitrogens with zero attached hydrogens (tertiary/aromatic N) is 1. The standard InChI is InChI=1S/C14H31NO/c1-5-15(4)11-7-9-13-16-12-8-6-10-14(2)3/h14H,5-13H2,1-4H3. The zero-order chi connectivity index (χ0) is 12.2. The van der Waals surface area contributed by atoms with E-state index < -0.39 is 0 Å². The summed E-state index contributed by atoms with van der Waals surface area (Å²) in [7, 11) is 2.17. The lowest BCUT2D eigenvalue weighted by Crippen LogP contribution is -2.19. The van der Waals surface area contributed by atoms with Gasteiger partial charge in [0.2, 0.25) is 0 Å². The molecule has 16 heavy (non-hydrogen) atoms. The van der Waals surface area contributed by atoms with Gasteiger partial charge in [-0.25, -0.2) is 0 Å². The molecule has 0 aliphatic carbocycles. The van der Waals surface area contributed by atoms with E-state index in [1.54, 1.807) is 0 Å². The summed E-state index contributed by atoms with van der Waals surface area (Å²) in [5.74, 6) is 0.838. The molecule has 0 atom stereocenters. The highest BCUT2D eigenvalue weighted by atomic mass is 16.5. The summed E-state index contributed by atoms with van der Waals surface area (Å²) in [6, 6.07) is 0. The van der Waals surface area contributed by atoms with E-state index in [4.69, 9.17) is 4.74 Å². The molecule has 0 aromatic carbocycles. The summed E-state index contributed by atoms with van der Waals surface area (Å²) >= 11 is 0. The van der Waals surface area contributed by atoms with Gasteiger partial charge in [-0.2, -0.15) is 0 Å². The molecule has 0 saturated carbocycles. The monoisotopic (exact) mass is 229 g/mol. The Morgan fingerprint density at radius 2 is 1.62 bits per heavy atom. The maximum atomic E-state index is 5.61. The van der Waals surface area contributed by atoms with Crippen LogP contribution in [-0.2, 0) is 4.74 Å². The van der Waals surface area contributed by atoms with Gasteiger partial charge in [0.25, 0.3) is 0 Å². The molecule has 0 amide bonds. The van der Waals surface area contributed by atoms with Crippen molar-refractivity contribution in [3.63, 3.8) is 0 Å². The highest BCUT2D eigenvalue weighted by Gasteiger charge is 1.96. The first-order chi connectivity index (χ1) is 7.66. The Morgan fingerprint density at radius 1 is 1.00 bits per heavy atom. The maximum Gasteiger partial charge on any atom is 0.0466 e. The lowest BCUT2D eigenvalue weighted by molar-refractivity contribution is 0.123. The van der Waals surface area contributed by atoms with E-state index in [0.29, 0.717) is 0 Å². The molecule has 0 fully saturated rings. The Kier molecular flexibility index (Phi) is 11.3. The fourth-order valence-corrected chi connectivity index (χ4v) is 1.60. The van der Waals surface area contributed by atoms with Crippen LogP contribution in [0.1, 0.15) is 52.9 Å². The van der Waals surface area contributed by atoms with Crippen molar-refractivity contribution in [1.82, 2.24) is 4.90 Å². The molecule has 0 unspecified atom stereocenters. The Morgan fingerprint density at radius 3 is 2.19 bits per heavy atom. The summed E-state index contributed by atoms with van der Waals surface area (Å²) in [5.41, 5.74) is 0. The zero-order valence-electron chi connectivity index (χ0n) is 11.8. The van der Waals surface area contributed by atoms with E-state index in [1.165, 1.54) is 38.6 Å². The summed E-state index contributed by atoms with van der Waals surface area (Å²) in [4.78, 5) is 2.35. The fourth-order valence-electron chi connectivity index (χ4n) is 1.60. The van der Waals surface area contributed by atoms with E-state index in [2.05, 4.69) is 32.7 Å². The van der Waals surface area contributed by atoms with Gasteiger partial charge in [0.15, 0.2) is 0 Å². The number of hydrogen-bond acceptors (Lipinski definition) is 2. The van der Waals surface area contributed by atoms with Crippen molar-refractivity contribution in [2.75, 3.05) is 33.4 Å². The van der Waals surface area contributed by atoms with Gasteiger partial charge in [-0.3, -0.25) is 0 Å². The van der Waals surface area contributed by atoms with Crippen molar-refractivity contribution < 1.29 is 4.74 Å². The van der Waals surface area contributed by atoms with Crippen LogP contribution in [0.5, 0.6) is 0 Å². The number of hydrogen-bond donors (Lipinski definition) is 0. The molecule has 2 heteroatoms. The average molecular weight is 229 g/mol. The Bertz CT molecular complexity index is 137. The van der Waals surface area contributed by atoms with Gasteiger partial charge < -0.3 is 9.64 Å². The van der Waals surface area contributed by atoms with Gasteiger partial charge in [0.05, 0.1) is 0 Å². The number of ether oxygens (including phenoxy) is 1. The molecule has 0 heterocycles. The largest absolute Gasteiger partial charge is 0.381 e. The van der Waals surface area contributed by atoms with E-state index in [9.17, 15) is 0 Å². The molecule has 0 N–H and O–H groups in total. The second-order valence-electron chi connectivity index (χ2n) is 5.11. The molecule has 0 aromatic heterocycles. The second kappa shape index (κ2) is 11.4. The smallest absolute Gasteiger partial charge is 0.0466 e. The van der Waals surface area contributed by atoms with Crippen LogP contribution >= 0.6 is 0 Å². The van der Waals surface area contributed by atoms with E-state index in [0.717, 1.165) is 25.7 Å².